The van der Waals surface area contributed by atoms with Crippen molar-refractivity contribution in [2.45, 2.75) is 52.1 Å². The SMILES string of the molecule is CCCN(Cc1csc(CC)n1)CC1CCCN1. The number of aromatic nitrogens is 1. The van der Waals surface area contributed by atoms with E-state index in [1.807, 2.05) is 0 Å². The Kier molecular flexibility index (Phi) is 5.60. The largest absolute Gasteiger partial charge is 0.313 e. The fourth-order valence-electron chi connectivity index (χ4n) is 2.59. The summed E-state index contributed by atoms with van der Waals surface area (Å²) in [6.07, 6.45) is 4.94. The highest BCUT2D eigenvalue weighted by Gasteiger charge is 2.18. The van der Waals surface area contributed by atoms with Crippen molar-refractivity contribution in [2.24, 2.45) is 0 Å². The van der Waals surface area contributed by atoms with E-state index >= 15 is 0 Å². The van der Waals surface area contributed by atoms with Gasteiger partial charge < -0.3 is 5.32 Å². The summed E-state index contributed by atoms with van der Waals surface area (Å²) in [6, 6.07) is 0.695. The number of thiazole rings is 1. The average molecular weight is 267 g/mol. The van der Waals surface area contributed by atoms with Crippen LogP contribution in [0.5, 0.6) is 0 Å². The first-order valence-corrected chi connectivity index (χ1v) is 8.08. The fourth-order valence-corrected chi connectivity index (χ4v) is 3.32. The van der Waals surface area contributed by atoms with Gasteiger partial charge in [-0.1, -0.05) is 13.8 Å². The van der Waals surface area contributed by atoms with E-state index in [4.69, 9.17) is 0 Å². The molecule has 1 atom stereocenters. The molecule has 102 valence electrons. The highest BCUT2D eigenvalue weighted by molar-refractivity contribution is 7.09. The molecule has 1 aliphatic rings. The molecule has 0 radical (unpaired) electrons. The summed E-state index contributed by atoms with van der Waals surface area (Å²) in [7, 11) is 0. The zero-order valence-corrected chi connectivity index (χ0v) is 12.4. The third-order valence-electron chi connectivity index (χ3n) is 3.47. The van der Waals surface area contributed by atoms with Gasteiger partial charge in [0.15, 0.2) is 0 Å². The Labute approximate surface area is 115 Å². The summed E-state index contributed by atoms with van der Waals surface area (Å²) in [6.45, 7) is 9.00. The molecular weight excluding hydrogens is 242 g/mol. The van der Waals surface area contributed by atoms with Crippen LogP contribution in [0.25, 0.3) is 0 Å². The first-order valence-electron chi connectivity index (χ1n) is 7.20. The minimum absolute atomic E-state index is 0.695. The number of aryl methyl sites for hydroxylation is 1. The van der Waals surface area contributed by atoms with Gasteiger partial charge in [0.1, 0.15) is 0 Å². The maximum Gasteiger partial charge on any atom is 0.0926 e. The topological polar surface area (TPSA) is 28.2 Å². The second-order valence-corrected chi connectivity index (χ2v) is 6.06. The zero-order chi connectivity index (χ0) is 12.8. The Bertz CT molecular complexity index is 345. The van der Waals surface area contributed by atoms with Crippen LogP contribution in [0.3, 0.4) is 0 Å². The third kappa shape index (κ3) is 4.04. The molecule has 3 nitrogen and oxygen atoms in total. The lowest BCUT2D eigenvalue weighted by Crippen LogP contribution is -2.37. The van der Waals surface area contributed by atoms with Crippen LogP contribution in [0.15, 0.2) is 5.38 Å². The maximum atomic E-state index is 4.68. The highest BCUT2D eigenvalue weighted by Crippen LogP contribution is 2.14. The molecule has 0 aromatic carbocycles. The smallest absolute Gasteiger partial charge is 0.0926 e. The molecule has 4 heteroatoms. The van der Waals surface area contributed by atoms with Crippen LogP contribution in [0, 0.1) is 0 Å². The second-order valence-electron chi connectivity index (χ2n) is 5.11. The molecule has 0 aliphatic carbocycles. The van der Waals surface area contributed by atoms with Crippen molar-refractivity contribution < 1.29 is 0 Å². The predicted octanol–water partition coefficient (Wildman–Crippen LogP) is 2.67. The molecule has 1 aliphatic heterocycles. The van der Waals surface area contributed by atoms with E-state index in [2.05, 4.69) is 34.4 Å². The zero-order valence-electron chi connectivity index (χ0n) is 11.6. The van der Waals surface area contributed by atoms with Gasteiger partial charge in [0.05, 0.1) is 10.7 Å². The summed E-state index contributed by atoms with van der Waals surface area (Å²) in [4.78, 5) is 7.23. The lowest BCUT2D eigenvalue weighted by Gasteiger charge is -2.24. The van der Waals surface area contributed by atoms with E-state index in [0.717, 1.165) is 13.0 Å². The Morgan fingerprint density at radius 3 is 3.00 bits per heavy atom. The molecule has 1 N–H and O–H groups in total. The molecule has 1 saturated heterocycles. The number of hydrogen-bond donors (Lipinski definition) is 1. The minimum atomic E-state index is 0.695. The van der Waals surface area contributed by atoms with Gasteiger partial charge in [0.2, 0.25) is 0 Å². The van der Waals surface area contributed by atoms with E-state index in [0.29, 0.717) is 6.04 Å². The molecule has 0 amide bonds. The van der Waals surface area contributed by atoms with E-state index < -0.39 is 0 Å². The van der Waals surface area contributed by atoms with Crippen molar-refractivity contribution in [3.05, 3.63) is 16.1 Å². The lowest BCUT2D eigenvalue weighted by molar-refractivity contribution is 0.239. The van der Waals surface area contributed by atoms with Gasteiger partial charge in [-0.05, 0) is 38.8 Å². The predicted molar refractivity (Wildman–Crippen MR) is 78.1 cm³/mol. The Morgan fingerprint density at radius 2 is 2.39 bits per heavy atom. The van der Waals surface area contributed by atoms with Gasteiger partial charge >= 0.3 is 0 Å². The maximum absolute atomic E-state index is 4.68. The van der Waals surface area contributed by atoms with Gasteiger partial charge in [-0.25, -0.2) is 4.98 Å². The van der Waals surface area contributed by atoms with E-state index in [1.165, 1.54) is 49.6 Å². The average Bonchev–Trinajstić information content (AvgIpc) is 3.00. The number of hydrogen-bond acceptors (Lipinski definition) is 4. The van der Waals surface area contributed by atoms with Crippen LogP contribution >= 0.6 is 11.3 Å². The molecule has 2 rings (SSSR count). The molecule has 0 bridgehead atoms. The van der Waals surface area contributed by atoms with Gasteiger partial charge in [0.25, 0.3) is 0 Å². The molecule has 1 fully saturated rings. The van der Waals surface area contributed by atoms with Crippen LogP contribution in [-0.4, -0.2) is 35.6 Å². The van der Waals surface area contributed by atoms with E-state index in [1.54, 1.807) is 11.3 Å². The molecule has 1 aromatic rings. The second kappa shape index (κ2) is 7.22. The van der Waals surface area contributed by atoms with Crippen LogP contribution in [0.2, 0.25) is 0 Å². The Morgan fingerprint density at radius 1 is 1.50 bits per heavy atom. The summed E-state index contributed by atoms with van der Waals surface area (Å²) in [5, 5.41) is 7.08. The van der Waals surface area contributed by atoms with E-state index in [-0.39, 0.29) is 0 Å². The Hall–Kier alpha value is -0.450. The van der Waals surface area contributed by atoms with Crippen molar-refractivity contribution in [3.63, 3.8) is 0 Å². The highest BCUT2D eigenvalue weighted by atomic mass is 32.1. The van der Waals surface area contributed by atoms with Crippen molar-refractivity contribution in [3.8, 4) is 0 Å². The van der Waals surface area contributed by atoms with Gasteiger partial charge in [-0.15, -0.1) is 11.3 Å². The fraction of sp³-hybridized carbons (Fsp3) is 0.786. The van der Waals surface area contributed by atoms with Crippen molar-refractivity contribution in [1.29, 1.82) is 0 Å². The number of nitrogens with zero attached hydrogens (tertiary/aromatic N) is 2. The van der Waals surface area contributed by atoms with Crippen molar-refractivity contribution in [2.75, 3.05) is 19.6 Å². The molecule has 0 saturated carbocycles. The van der Waals surface area contributed by atoms with Crippen LogP contribution in [-0.2, 0) is 13.0 Å². The molecule has 18 heavy (non-hydrogen) atoms. The lowest BCUT2D eigenvalue weighted by atomic mass is 10.2. The van der Waals surface area contributed by atoms with Crippen LogP contribution in [0.1, 0.15) is 43.8 Å². The van der Waals surface area contributed by atoms with Gasteiger partial charge in [0, 0.05) is 24.5 Å². The first-order chi connectivity index (χ1) is 8.81. The first kappa shape index (κ1) is 14.0. The monoisotopic (exact) mass is 267 g/mol. The third-order valence-corrected chi connectivity index (χ3v) is 4.51. The number of rotatable bonds is 7. The van der Waals surface area contributed by atoms with Crippen molar-refractivity contribution >= 4 is 11.3 Å². The number of nitrogens with one attached hydrogen (secondary N) is 1. The van der Waals surface area contributed by atoms with Crippen LogP contribution in [0.4, 0.5) is 0 Å². The summed E-state index contributed by atoms with van der Waals surface area (Å²) in [5.74, 6) is 0. The van der Waals surface area contributed by atoms with Gasteiger partial charge in [-0.2, -0.15) is 0 Å². The quantitative estimate of drug-likeness (QED) is 0.823. The molecule has 0 spiro atoms. The molecular formula is C14H25N3S. The van der Waals surface area contributed by atoms with E-state index in [9.17, 15) is 0 Å². The summed E-state index contributed by atoms with van der Waals surface area (Å²) >= 11 is 1.80. The standard InChI is InChI=1S/C14H25N3S/c1-3-8-17(9-12-6-5-7-15-12)10-13-11-18-14(4-2)16-13/h11-12,15H,3-10H2,1-2H3. The Balaban J connectivity index is 1.87. The summed E-state index contributed by atoms with van der Waals surface area (Å²) < 4.78 is 0. The summed E-state index contributed by atoms with van der Waals surface area (Å²) in [5.41, 5.74) is 1.25. The minimum Gasteiger partial charge on any atom is -0.313 e. The molecule has 2 heterocycles. The molecule has 1 aromatic heterocycles. The van der Waals surface area contributed by atoms with Crippen molar-refractivity contribution in [1.82, 2.24) is 15.2 Å². The van der Waals surface area contributed by atoms with Crippen LogP contribution < -0.4 is 5.32 Å². The van der Waals surface area contributed by atoms with Gasteiger partial charge in [-0.3, -0.25) is 4.90 Å². The normalized spacial score (nSPS) is 19.8. The molecule has 1 unspecified atom stereocenters.